The normalized spacial score (nSPS) is 10.4. The second kappa shape index (κ2) is 5.29. The van der Waals surface area contributed by atoms with Gasteiger partial charge in [0.15, 0.2) is 0 Å². The van der Waals surface area contributed by atoms with Crippen molar-refractivity contribution in [1.29, 1.82) is 0 Å². The third kappa shape index (κ3) is 3.19. The Morgan fingerprint density at radius 1 is 1.38 bits per heavy atom. The van der Waals surface area contributed by atoms with Crippen LogP contribution in [0.25, 0.3) is 0 Å². The van der Waals surface area contributed by atoms with Crippen molar-refractivity contribution in [3.8, 4) is 5.75 Å². The van der Waals surface area contributed by atoms with Crippen LogP contribution in [0.1, 0.15) is 11.5 Å². The molecular formula is C11H11IN2O2. The van der Waals surface area contributed by atoms with Crippen molar-refractivity contribution in [2.75, 3.05) is 6.61 Å². The van der Waals surface area contributed by atoms with Crippen LogP contribution in [0.3, 0.4) is 0 Å². The molecule has 4 nitrogen and oxygen atoms in total. The maximum Gasteiger partial charge on any atom is 0.278 e. The standard InChI is InChI=1S/C11H11IN2O2/c1-8-3-2-4-9(7-8)15-6-5-10-13-14-11(12)16-10/h2-4,7H,5-6H2,1H3. The minimum atomic E-state index is 0.543. The van der Waals surface area contributed by atoms with Gasteiger partial charge in [-0.05, 0) is 24.6 Å². The van der Waals surface area contributed by atoms with Gasteiger partial charge in [-0.1, -0.05) is 12.1 Å². The monoisotopic (exact) mass is 330 g/mol. The molecule has 1 heterocycles. The molecule has 0 aliphatic rings. The maximum absolute atomic E-state index is 5.57. The van der Waals surface area contributed by atoms with Gasteiger partial charge in [0.1, 0.15) is 5.75 Å². The van der Waals surface area contributed by atoms with Crippen LogP contribution in [0.2, 0.25) is 0 Å². The van der Waals surface area contributed by atoms with E-state index in [2.05, 4.69) is 10.2 Å². The van der Waals surface area contributed by atoms with E-state index in [9.17, 15) is 0 Å². The Morgan fingerprint density at radius 3 is 2.94 bits per heavy atom. The zero-order valence-electron chi connectivity index (χ0n) is 8.81. The van der Waals surface area contributed by atoms with Gasteiger partial charge < -0.3 is 9.15 Å². The van der Waals surface area contributed by atoms with Crippen molar-refractivity contribution < 1.29 is 9.15 Å². The number of hydrogen-bond acceptors (Lipinski definition) is 4. The summed E-state index contributed by atoms with van der Waals surface area (Å²) in [6.07, 6.45) is 0.629. The molecule has 84 valence electrons. The van der Waals surface area contributed by atoms with E-state index >= 15 is 0 Å². The number of aromatic nitrogens is 2. The first-order valence-corrected chi connectivity index (χ1v) is 5.99. The van der Waals surface area contributed by atoms with Crippen LogP contribution in [0.4, 0.5) is 0 Å². The van der Waals surface area contributed by atoms with E-state index in [0.717, 1.165) is 5.75 Å². The van der Waals surface area contributed by atoms with Crippen molar-refractivity contribution in [1.82, 2.24) is 10.2 Å². The predicted molar refractivity (Wildman–Crippen MR) is 67.4 cm³/mol. The number of halogens is 1. The van der Waals surface area contributed by atoms with E-state index in [1.54, 1.807) is 0 Å². The minimum Gasteiger partial charge on any atom is -0.493 e. The molecule has 0 spiro atoms. The van der Waals surface area contributed by atoms with Crippen LogP contribution >= 0.6 is 22.6 Å². The average Bonchev–Trinajstić information content (AvgIpc) is 2.64. The second-order valence-corrected chi connectivity index (χ2v) is 4.29. The molecular weight excluding hydrogens is 319 g/mol. The van der Waals surface area contributed by atoms with Gasteiger partial charge in [-0.3, -0.25) is 0 Å². The predicted octanol–water partition coefficient (Wildman–Crippen LogP) is 2.60. The first kappa shape index (κ1) is 11.4. The van der Waals surface area contributed by atoms with Gasteiger partial charge in [-0.15, -0.1) is 10.2 Å². The maximum atomic E-state index is 5.57. The van der Waals surface area contributed by atoms with Gasteiger partial charge in [0.2, 0.25) is 5.89 Å². The highest BCUT2D eigenvalue weighted by molar-refractivity contribution is 14.1. The summed E-state index contributed by atoms with van der Waals surface area (Å²) in [4.78, 5) is 0. The molecule has 0 saturated carbocycles. The van der Waals surface area contributed by atoms with Crippen LogP contribution in [-0.2, 0) is 6.42 Å². The number of aryl methyl sites for hydroxylation is 1. The summed E-state index contributed by atoms with van der Waals surface area (Å²) in [5.41, 5.74) is 1.19. The zero-order valence-corrected chi connectivity index (χ0v) is 11.0. The summed E-state index contributed by atoms with van der Waals surface area (Å²) in [6, 6.07) is 7.94. The molecule has 0 bridgehead atoms. The lowest BCUT2D eigenvalue weighted by Crippen LogP contribution is -2.01. The third-order valence-electron chi connectivity index (χ3n) is 2.02. The van der Waals surface area contributed by atoms with Crippen molar-refractivity contribution in [3.63, 3.8) is 0 Å². The van der Waals surface area contributed by atoms with E-state index in [1.165, 1.54) is 5.56 Å². The van der Waals surface area contributed by atoms with E-state index < -0.39 is 0 Å². The third-order valence-corrected chi connectivity index (χ3v) is 2.45. The van der Waals surface area contributed by atoms with Gasteiger partial charge in [-0.2, -0.15) is 0 Å². The van der Waals surface area contributed by atoms with Crippen molar-refractivity contribution in [2.24, 2.45) is 0 Å². The molecule has 0 radical (unpaired) electrons. The summed E-state index contributed by atoms with van der Waals surface area (Å²) in [7, 11) is 0. The Morgan fingerprint density at radius 2 is 2.25 bits per heavy atom. The molecule has 1 aromatic carbocycles. The largest absolute Gasteiger partial charge is 0.493 e. The number of rotatable bonds is 4. The van der Waals surface area contributed by atoms with Crippen LogP contribution in [0.5, 0.6) is 5.75 Å². The fourth-order valence-corrected chi connectivity index (χ4v) is 1.66. The van der Waals surface area contributed by atoms with Gasteiger partial charge >= 0.3 is 0 Å². The molecule has 2 aromatic rings. The highest BCUT2D eigenvalue weighted by atomic mass is 127. The average molecular weight is 330 g/mol. The smallest absolute Gasteiger partial charge is 0.278 e. The summed E-state index contributed by atoms with van der Waals surface area (Å²) < 4.78 is 11.4. The van der Waals surface area contributed by atoms with E-state index in [1.807, 2.05) is 53.8 Å². The first-order valence-electron chi connectivity index (χ1n) is 4.91. The van der Waals surface area contributed by atoms with Crippen LogP contribution < -0.4 is 4.74 Å². The number of hydrogen-bond donors (Lipinski definition) is 0. The minimum absolute atomic E-state index is 0.543. The highest BCUT2D eigenvalue weighted by Crippen LogP contribution is 2.12. The lowest BCUT2D eigenvalue weighted by atomic mass is 10.2. The quantitative estimate of drug-likeness (QED) is 0.809. The number of nitrogens with zero attached hydrogens (tertiary/aromatic N) is 2. The Balaban J connectivity index is 1.84. The summed E-state index contributed by atoms with van der Waals surface area (Å²) >= 11 is 1.99. The van der Waals surface area contributed by atoms with Gasteiger partial charge in [0.25, 0.3) is 3.90 Å². The Kier molecular flexibility index (Phi) is 3.76. The molecule has 0 amide bonds. The van der Waals surface area contributed by atoms with Gasteiger partial charge in [-0.25, -0.2) is 0 Å². The van der Waals surface area contributed by atoms with Gasteiger partial charge in [0, 0.05) is 22.6 Å². The Bertz CT molecular complexity index is 471. The lowest BCUT2D eigenvalue weighted by molar-refractivity contribution is 0.304. The lowest BCUT2D eigenvalue weighted by Gasteiger charge is -2.04. The summed E-state index contributed by atoms with van der Waals surface area (Å²) in [5, 5.41) is 7.63. The Labute approximate surface area is 107 Å². The van der Waals surface area contributed by atoms with Crippen molar-refractivity contribution in [3.05, 3.63) is 39.6 Å². The summed E-state index contributed by atoms with van der Waals surface area (Å²) in [5.74, 6) is 1.48. The number of ether oxygens (including phenoxy) is 1. The topological polar surface area (TPSA) is 48.2 Å². The van der Waals surface area contributed by atoms with E-state index in [-0.39, 0.29) is 0 Å². The fraction of sp³-hybridized carbons (Fsp3) is 0.273. The fourth-order valence-electron chi connectivity index (χ4n) is 1.30. The molecule has 2 rings (SSSR count). The SMILES string of the molecule is Cc1cccc(OCCc2nnc(I)o2)c1. The molecule has 0 atom stereocenters. The first-order chi connectivity index (χ1) is 7.74. The van der Waals surface area contributed by atoms with Crippen molar-refractivity contribution in [2.45, 2.75) is 13.3 Å². The molecule has 0 aliphatic heterocycles. The molecule has 0 unspecified atom stereocenters. The number of benzene rings is 1. The van der Waals surface area contributed by atoms with Crippen LogP contribution in [-0.4, -0.2) is 16.8 Å². The van der Waals surface area contributed by atoms with Crippen LogP contribution in [0.15, 0.2) is 28.7 Å². The van der Waals surface area contributed by atoms with E-state index in [4.69, 9.17) is 9.15 Å². The molecule has 0 fully saturated rings. The van der Waals surface area contributed by atoms with Crippen molar-refractivity contribution >= 4 is 22.6 Å². The molecule has 0 aliphatic carbocycles. The molecule has 16 heavy (non-hydrogen) atoms. The molecule has 0 N–H and O–H groups in total. The molecule has 1 aromatic heterocycles. The molecule has 0 saturated heterocycles. The van der Waals surface area contributed by atoms with Crippen LogP contribution in [0, 0.1) is 10.8 Å². The highest BCUT2D eigenvalue weighted by Gasteiger charge is 2.03. The zero-order chi connectivity index (χ0) is 11.4. The van der Waals surface area contributed by atoms with E-state index in [0.29, 0.717) is 22.8 Å². The molecule has 5 heteroatoms. The Hall–Kier alpha value is -1.11. The summed E-state index contributed by atoms with van der Waals surface area (Å²) in [6.45, 7) is 2.58. The van der Waals surface area contributed by atoms with Gasteiger partial charge in [0.05, 0.1) is 13.0 Å². The second-order valence-electron chi connectivity index (χ2n) is 3.36.